The van der Waals surface area contributed by atoms with Gasteiger partial charge in [-0.1, -0.05) is 20.8 Å². The number of ether oxygens (including phenoxy) is 3. The van der Waals surface area contributed by atoms with E-state index in [4.69, 9.17) is 18.6 Å². The second-order valence-corrected chi connectivity index (χ2v) is 13.4. The normalized spacial score (nSPS) is 28.0. The fourth-order valence-electron chi connectivity index (χ4n) is 3.32. The number of carbonyl (C=O) groups excluding carboxylic acids is 1. The van der Waals surface area contributed by atoms with Crippen LogP contribution in [0.25, 0.3) is 0 Å². The van der Waals surface area contributed by atoms with Crippen molar-refractivity contribution >= 4 is 14.3 Å². The molecule has 138 valence electrons. The van der Waals surface area contributed by atoms with Gasteiger partial charge in [0.25, 0.3) is 0 Å². The van der Waals surface area contributed by atoms with E-state index >= 15 is 0 Å². The fourth-order valence-corrected chi connectivity index (χ4v) is 4.51. The summed E-state index contributed by atoms with van der Waals surface area (Å²) in [4.78, 5) is 12.4. The molecule has 0 aromatic heterocycles. The lowest BCUT2D eigenvalue weighted by Crippen LogP contribution is -2.44. The van der Waals surface area contributed by atoms with E-state index in [-0.39, 0.29) is 29.1 Å². The molecule has 0 N–H and O–H groups in total. The molecule has 0 unspecified atom stereocenters. The van der Waals surface area contributed by atoms with Crippen molar-refractivity contribution in [2.75, 3.05) is 27.1 Å². The first kappa shape index (κ1) is 19.5. The zero-order valence-electron chi connectivity index (χ0n) is 16.2. The second-order valence-electron chi connectivity index (χ2n) is 8.63. The third-order valence-electron chi connectivity index (χ3n) is 5.85. The standard InChI is InChI=1S/C18H32O5Si/c1-13-14(23-24(6,7)17(2,3)4)8-9-18(10-21-12-20-5)11-22-16(19)15(13)18/h15H,8-12H2,1-7H3/t15-,18-/m1/s1. The van der Waals surface area contributed by atoms with Crippen molar-refractivity contribution in [2.45, 2.75) is 58.7 Å². The van der Waals surface area contributed by atoms with Crippen molar-refractivity contribution in [1.29, 1.82) is 0 Å². The first-order chi connectivity index (χ1) is 11.0. The lowest BCUT2D eigenvalue weighted by atomic mass is 9.68. The Bertz CT molecular complexity index is 520. The molecule has 0 aromatic carbocycles. The highest BCUT2D eigenvalue weighted by Gasteiger charge is 2.54. The topological polar surface area (TPSA) is 54.0 Å². The monoisotopic (exact) mass is 356 g/mol. The van der Waals surface area contributed by atoms with Crippen LogP contribution in [-0.2, 0) is 23.4 Å². The zero-order valence-corrected chi connectivity index (χ0v) is 17.2. The molecule has 0 amide bonds. The van der Waals surface area contributed by atoms with Gasteiger partial charge in [-0.05, 0) is 37.0 Å². The first-order valence-corrected chi connectivity index (χ1v) is 11.6. The maximum absolute atomic E-state index is 12.4. The lowest BCUT2D eigenvalue weighted by molar-refractivity contribution is -0.140. The van der Waals surface area contributed by atoms with Crippen LogP contribution >= 0.6 is 0 Å². The van der Waals surface area contributed by atoms with Gasteiger partial charge in [0.1, 0.15) is 13.4 Å². The third kappa shape index (κ3) is 3.55. The lowest BCUT2D eigenvalue weighted by Gasteiger charge is -2.42. The van der Waals surface area contributed by atoms with E-state index in [1.54, 1.807) is 7.11 Å². The van der Waals surface area contributed by atoms with Gasteiger partial charge in [0.2, 0.25) is 8.32 Å². The summed E-state index contributed by atoms with van der Waals surface area (Å²) in [6.45, 7) is 14.3. The van der Waals surface area contributed by atoms with Crippen LogP contribution in [0.15, 0.2) is 11.3 Å². The molecule has 1 heterocycles. The Kier molecular flexibility index (Phi) is 5.52. The van der Waals surface area contributed by atoms with Crippen LogP contribution in [0.5, 0.6) is 0 Å². The number of rotatable bonds is 6. The summed E-state index contributed by atoms with van der Waals surface area (Å²) in [5.74, 6) is 0.584. The van der Waals surface area contributed by atoms with Gasteiger partial charge < -0.3 is 18.6 Å². The van der Waals surface area contributed by atoms with Crippen LogP contribution < -0.4 is 0 Å². The van der Waals surface area contributed by atoms with Crippen molar-refractivity contribution in [3.63, 3.8) is 0 Å². The van der Waals surface area contributed by atoms with E-state index in [1.807, 2.05) is 6.92 Å². The van der Waals surface area contributed by atoms with E-state index in [1.165, 1.54) is 0 Å². The predicted octanol–water partition coefficient (Wildman–Crippen LogP) is 3.86. The molecule has 0 aromatic rings. The largest absolute Gasteiger partial charge is 0.547 e. The number of cyclic esters (lactones) is 1. The molecule has 0 saturated carbocycles. The minimum absolute atomic E-state index is 0.132. The number of methoxy groups -OCH3 is 1. The summed E-state index contributed by atoms with van der Waals surface area (Å²) >= 11 is 0. The number of carbonyl (C=O) groups is 1. The first-order valence-electron chi connectivity index (χ1n) is 8.66. The van der Waals surface area contributed by atoms with Crippen LogP contribution in [0.1, 0.15) is 40.5 Å². The number of allylic oxidation sites excluding steroid dienone is 1. The Balaban J connectivity index is 2.25. The average Bonchev–Trinajstić information content (AvgIpc) is 2.80. The van der Waals surface area contributed by atoms with E-state index < -0.39 is 8.32 Å². The van der Waals surface area contributed by atoms with Crippen molar-refractivity contribution in [3.8, 4) is 0 Å². The van der Waals surface area contributed by atoms with Crippen molar-refractivity contribution in [3.05, 3.63) is 11.3 Å². The Morgan fingerprint density at radius 1 is 1.33 bits per heavy atom. The Labute approximate surface area is 146 Å². The Morgan fingerprint density at radius 3 is 2.58 bits per heavy atom. The van der Waals surface area contributed by atoms with Gasteiger partial charge in [-0.15, -0.1) is 0 Å². The molecule has 5 nitrogen and oxygen atoms in total. The van der Waals surface area contributed by atoms with Crippen LogP contribution in [0.2, 0.25) is 18.1 Å². The molecule has 1 saturated heterocycles. The maximum atomic E-state index is 12.4. The summed E-state index contributed by atoms with van der Waals surface area (Å²) in [5, 5.41) is 0.132. The molecule has 24 heavy (non-hydrogen) atoms. The SMILES string of the molecule is COCOC[C@@]12CCC(O[Si](C)(C)C(C)(C)C)=C(C)[C@@H]1C(=O)OC2. The van der Waals surface area contributed by atoms with Gasteiger partial charge in [-0.3, -0.25) is 4.79 Å². The molecule has 1 fully saturated rings. The summed E-state index contributed by atoms with van der Waals surface area (Å²) in [6, 6.07) is 0. The smallest absolute Gasteiger partial charge is 0.314 e. The van der Waals surface area contributed by atoms with Gasteiger partial charge in [0, 0.05) is 18.9 Å². The summed E-state index contributed by atoms with van der Waals surface area (Å²) in [7, 11) is -0.317. The molecular weight excluding hydrogens is 324 g/mol. The number of fused-ring (bicyclic) bond motifs is 1. The fraction of sp³-hybridized carbons (Fsp3) is 0.833. The molecule has 6 heteroatoms. The molecule has 0 bridgehead atoms. The van der Waals surface area contributed by atoms with Gasteiger partial charge in [-0.25, -0.2) is 0 Å². The number of hydrogen-bond acceptors (Lipinski definition) is 5. The summed E-state index contributed by atoms with van der Waals surface area (Å²) in [5.41, 5.74) is 0.745. The minimum Gasteiger partial charge on any atom is -0.547 e. The van der Waals surface area contributed by atoms with E-state index in [0.29, 0.717) is 13.2 Å². The van der Waals surface area contributed by atoms with E-state index in [2.05, 4.69) is 33.9 Å². The van der Waals surface area contributed by atoms with E-state index in [9.17, 15) is 4.79 Å². The quantitative estimate of drug-likeness (QED) is 0.313. The van der Waals surface area contributed by atoms with Gasteiger partial charge in [-0.2, -0.15) is 0 Å². The van der Waals surface area contributed by atoms with Crippen LogP contribution in [0.3, 0.4) is 0 Å². The average molecular weight is 357 g/mol. The van der Waals surface area contributed by atoms with Gasteiger partial charge >= 0.3 is 5.97 Å². The predicted molar refractivity (Wildman–Crippen MR) is 94.9 cm³/mol. The second kappa shape index (κ2) is 6.81. The van der Waals surface area contributed by atoms with E-state index in [0.717, 1.165) is 24.2 Å². The highest BCUT2D eigenvalue weighted by Crippen LogP contribution is 2.50. The van der Waals surface area contributed by atoms with Crippen LogP contribution in [0, 0.1) is 11.3 Å². The molecule has 0 spiro atoms. The van der Waals surface area contributed by atoms with Crippen LogP contribution in [0.4, 0.5) is 0 Å². The highest BCUT2D eigenvalue weighted by molar-refractivity contribution is 6.74. The zero-order chi connectivity index (χ0) is 18.2. The van der Waals surface area contributed by atoms with Crippen molar-refractivity contribution in [2.24, 2.45) is 11.3 Å². The summed E-state index contributed by atoms with van der Waals surface area (Å²) in [6.07, 6.45) is 1.68. The molecule has 2 aliphatic rings. The molecule has 0 radical (unpaired) electrons. The molecular formula is C18H32O5Si. The maximum Gasteiger partial charge on any atom is 0.314 e. The molecule has 1 aliphatic heterocycles. The minimum atomic E-state index is -1.92. The van der Waals surface area contributed by atoms with Gasteiger partial charge in [0.15, 0.2) is 0 Å². The Hall–Kier alpha value is -0.853. The molecule has 2 atom stereocenters. The Morgan fingerprint density at radius 2 is 2.00 bits per heavy atom. The van der Waals surface area contributed by atoms with Gasteiger partial charge in [0.05, 0.1) is 18.3 Å². The number of hydrogen-bond donors (Lipinski definition) is 0. The number of esters is 1. The summed E-state index contributed by atoms with van der Waals surface area (Å²) < 4.78 is 22.5. The molecule has 1 aliphatic carbocycles. The van der Waals surface area contributed by atoms with Crippen molar-refractivity contribution < 1.29 is 23.4 Å². The molecule has 2 rings (SSSR count). The highest BCUT2D eigenvalue weighted by atomic mass is 28.4. The van der Waals surface area contributed by atoms with Crippen LogP contribution in [-0.4, -0.2) is 41.4 Å². The van der Waals surface area contributed by atoms with Crippen molar-refractivity contribution in [1.82, 2.24) is 0 Å². The third-order valence-corrected chi connectivity index (χ3v) is 10.2.